The number of amides is 1. The molecule has 1 amide bonds. The minimum absolute atomic E-state index is 0.327. The molecule has 0 saturated heterocycles. The number of hydrogen-bond donors (Lipinski definition) is 0. The average Bonchev–Trinajstić information content (AvgIpc) is 2.95. The van der Waals surface area contributed by atoms with Crippen molar-refractivity contribution in [2.24, 2.45) is 16.4 Å². The van der Waals surface area contributed by atoms with Gasteiger partial charge in [-0.2, -0.15) is 10.1 Å². The van der Waals surface area contributed by atoms with E-state index < -0.39 is 34.9 Å². The lowest BCUT2D eigenvalue weighted by molar-refractivity contribution is -0.150. The fourth-order valence-electron chi connectivity index (χ4n) is 3.28. The van der Waals surface area contributed by atoms with E-state index in [-0.39, 0.29) is 0 Å². The van der Waals surface area contributed by atoms with Crippen LogP contribution in [-0.4, -0.2) is 55.6 Å². The van der Waals surface area contributed by atoms with E-state index in [9.17, 15) is 14.4 Å². The Balaban J connectivity index is 2.54. The lowest BCUT2D eigenvalue weighted by Gasteiger charge is -2.21. The molecule has 0 N–H and O–H groups in total. The molecule has 2 aliphatic rings. The molecule has 0 aromatic heterocycles. The Morgan fingerprint density at radius 3 is 2.20 bits per heavy atom. The first-order valence-corrected chi connectivity index (χ1v) is 5.94. The molecule has 0 unspecified atom stereocenters. The molecule has 0 spiro atoms. The van der Waals surface area contributed by atoms with Gasteiger partial charge in [0.15, 0.2) is 0 Å². The van der Waals surface area contributed by atoms with Crippen molar-refractivity contribution in [2.75, 3.05) is 21.3 Å². The second-order valence-corrected chi connectivity index (χ2v) is 4.87. The molecule has 1 saturated carbocycles. The van der Waals surface area contributed by atoms with Crippen LogP contribution in [0.2, 0.25) is 0 Å². The summed E-state index contributed by atoms with van der Waals surface area (Å²) >= 11 is 0. The zero-order valence-electron chi connectivity index (χ0n) is 11.9. The van der Waals surface area contributed by atoms with Crippen molar-refractivity contribution in [1.29, 1.82) is 0 Å². The highest BCUT2D eigenvalue weighted by molar-refractivity contribution is 6.18. The van der Waals surface area contributed by atoms with Gasteiger partial charge in [-0.1, -0.05) is 0 Å². The number of carbonyl (C=O) groups excluding carboxylic acids is 3. The van der Waals surface area contributed by atoms with Crippen molar-refractivity contribution >= 4 is 23.7 Å². The van der Waals surface area contributed by atoms with E-state index in [1.54, 1.807) is 13.8 Å². The molecule has 1 fully saturated rings. The van der Waals surface area contributed by atoms with Gasteiger partial charge in [-0.25, -0.2) is 4.79 Å². The number of rotatable bonds is 2. The van der Waals surface area contributed by atoms with Crippen LogP contribution in [0.5, 0.6) is 0 Å². The lowest BCUT2D eigenvalue weighted by atomic mass is 9.95. The van der Waals surface area contributed by atoms with Crippen LogP contribution in [0.25, 0.3) is 0 Å². The Kier molecular flexibility index (Phi) is 2.99. The minimum Gasteiger partial charge on any atom is -0.469 e. The molecule has 1 aliphatic carbocycles. The van der Waals surface area contributed by atoms with Gasteiger partial charge >= 0.3 is 18.0 Å². The highest BCUT2D eigenvalue weighted by atomic mass is 16.6. The van der Waals surface area contributed by atoms with Gasteiger partial charge in [-0.3, -0.25) is 9.59 Å². The number of esters is 2. The first kappa shape index (κ1) is 14.3. The van der Waals surface area contributed by atoms with E-state index in [1.807, 2.05) is 0 Å². The van der Waals surface area contributed by atoms with E-state index in [0.29, 0.717) is 5.71 Å². The van der Waals surface area contributed by atoms with Gasteiger partial charge in [0.1, 0.15) is 16.9 Å². The van der Waals surface area contributed by atoms with Crippen LogP contribution in [0.1, 0.15) is 13.8 Å². The Morgan fingerprint density at radius 2 is 1.75 bits per heavy atom. The predicted octanol–water partition coefficient (Wildman–Crippen LogP) is 0.165. The molecule has 8 nitrogen and oxygen atoms in total. The van der Waals surface area contributed by atoms with E-state index in [0.717, 1.165) is 5.01 Å². The van der Waals surface area contributed by atoms with Gasteiger partial charge in [0.25, 0.3) is 0 Å². The van der Waals surface area contributed by atoms with Crippen LogP contribution in [0, 0.1) is 11.3 Å². The number of hydrogen-bond acceptors (Lipinski definition) is 7. The first-order chi connectivity index (χ1) is 9.33. The van der Waals surface area contributed by atoms with Crippen LogP contribution < -0.4 is 0 Å². The Morgan fingerprint density at radius 1 is 1.15 bits per heavy atom. The molecule has 1 aliphatic heterocycles. The highest BCUT2D eigenvalue weighted by Crippen LogP contribution is 2.70. The van der Waals surface area contributed by atoms with E-state index in [4.69, 9.17) is 9.47 Å². The molecule has 20 heavy (non-hydrogen) atoms. The van der Waals surface area contributed by atoms with Crippen molar-refractivity contribution in [3.8, 4) is 0 Å². The third kappa shape index (κ3) is 1.26. The third-order valence-electron chi connectivity index (χ3n) is 4.26. The molecular formula is C12H16N2O6. The predicted molar refractivity (Wildman–Crippen MR) is 65.7 cm³/mol. The summed E-state index contributed by atoms with van der Waals surface area (Å²) < 4.78 is 14.2. The van der Waals surface area contributed by atoms with Gasteiger partial charge < -0.3 is 14.2 Å². The standard InChI is InChI=1S/C12H16N2O6/c1-6-12(9(16)19-4)7(8(15)18-3)11(12,2)14(13-6)10(17)20-5/h7H,1-5H3/t7-,11+,12-/m1/s1. The molecule has 1 heterocycles. The number of fused-ring (bicyclic) bond motifs is 1. The maximum atomic E-state index is 12.2. The van der Waals surface area contributed by atoms with Crippen LogP contribution in [0.15, 0.2) is 5.10 Å². The molecule has 110 valence electrons. The number of hydrazone groups is 1. The number of methoxy groups -OCH3 is 3. The monoisotopic (exact) mass is 284 g/mol. The molecule has 0 radical (unpaired) electrons. The van der Waals surface area contributed by atoms with E-state index in [2.05, 4.69) is 9.84 Å². The summed E-state index contributed by atoms with van der Waals surface area (Å²) in [5, 5.41) is 5.05. The summed E-state index contributed by atoms with van der Waals surface area (Å²) in [6.07, 6.45) is -0.746. The van der Waals surface area contributed by atoms with Crippen LogP contribution in [0.3, 0.4) is 0 Å². The summed E-state index contributed by atoms with van der Waals surface area (Å²) in [6.45, 7) is 3.16. The number of ether oxygens (including phenoxy) is 3. The first-order valence-electron chi connectivity index (χ1n) is 5.94. The van der Waals surface area contributed by atoms with Crippen LogP contribution in [-0.2, 0) is 23.8 Å². The van der Waals surface area contributed by atoms with Crippen molar-refractivity contribution in [3.05, 3.63) is 0 Å². The van der Waals surface area contributed by atoms with E-state index in [1.165, 1.54) is 21.3 Å². The topological polar surface area (TPSA) is 94.5 Å². The smallest absolute Gasteiger partial charge is 0.430 e. The summed E-state index contributed by atoms with van der Waals surface area (Å²) in [4.78, 5) is 36.0. The van der Waals surface area contributed by atoms with Gasteiger partial charge in [0, 0.05) is 0 Å². The third-order valence-corrected chi connectivity index (χ3v) is 4.26. The fourth-order valence-corrected chi connectivity index (χ4v) is 3.28. The minimum atomic E-state index is -1.30. The Bertz CT molecular complexity index is 530. The average molecular weight is 284 g/mol. The van der Waals surface area contributed by atoms with E-state index >= 15 is 0 Å². The van der Waals surface area contributed by atoms with Crippen molar-refractivity contribution in [1.82, 2.24) is 5.01 Å². The Labute approximate surface area is 115 Å². The quantitative estimate of drug-likeness (QED) is 0.529. The maximum absolute atomic E-state index is 12.2. The zero-order chi connectivity index (χ0) is 15.3. The van der Waals surface area contributed by atoms with Crippen LogP contribution >= 0.6 is 0 Å². The number of carbonyl (C=O) groups is 3. The summed E-state index contributed by atoms with van der Waals surface area (Å²) in [5.74, 6) is -2.08. The molecule has 0 aromatic carbocycles. The SMILES string of the molecule is COC(=O)[C@H]1[C@@]2(C(=O)OC)C(C)=NN(C(=O)OC)[C@@]12C. The second-order valence-electron chi connectivity index (χ2n) is 4.87. The molecule has 2 rings (SSSR count). The normalized spacial score (nSPS) is 34.0. The molecule has 3 atom stereocenters. The second kappa shape index (κ2) is 4.19. The Hall–Kier alpha value is -2.12. The van der Waals surface area contributed by atoms with Gasteiger partial charge in [0.2, 0.25) is 0 Å². The van der Waals surface area contributed by atoms with Crippen LogP contribution in [0.4, 0.5) is 4.79 Å². The summed E-state index contributed by atoms with van der Waals surface area (Å²) in [5.41, 5.74) is -2.14. The molecule has 0 aromatic rings. The van der Waals surface area contributed by atoms with Crippen molar-refractivity contribution in [2.45, 2.75) is 19.4 Å². The zero-order valence-corrected chi connectivity index (χ0v) is 11.9. The summed E-state index contributed by atoms with van der Waals surface area (Å²) in [6, 6.07) is 0. The highest BCUT2D eigenvalue weighted by Gasteiger charge is 2.90. The molecule has 8 heteroatoms. The van der Waals surface area contributed by atoms with Gasteiger partial charge in [-0.15, -0.1) is 0 Å². The maximum Gasteiger partial charge on any atom is 0.430 e. The molecular weight excluding hydrogens is 268 g/mol. The fraction of sp³-hybridized carbons (Fsp3) is 0.667. The van der Waals surface area contributed by atoms with Gasteiger partial charge in [-0.05, 0) is 13.8 Å². The number of nitrogens with zero attached hydrogens (tertiary/aromatic N) is 2. The summed E-state index contributed by atoms with van der Waals surface area (Å²) in [7, 11) is 3.64. The largest absolute Gasteiger partial charge is 0.469 e. The lowest BCUT2D eigenvalue weighted by Crippen LogP contribution is -2.39. The van der Waals surface area contributed by atoms with Crippen molar-refractivity contribution < 1.29 is 28.6 Å². The van der Waals surface area contributed by atoms with Gasteiger partial charge in [0.05, 0.1) is 27.0 Å². The van der Waals surface area contributed by atoms with Crippen molar-refractivity contribution in [3.63, 3.8) is 0 Å². The molecule has 0 bridgehead atoms.